The maximum atomic E-state index is 12.8. The lowest BCUT2D eigenvalue weighted by atomic mass is 10.1. The Balaban J connectivity index is 1.93. The molecule has 0 aliphatic carbocycles. The fourth-order valence-corrected chi connectivity index (χ4v) is 2.78. The summed E-state index contributed by atoms with van der Waals surface area (Å²) in [6, 6.07) is 13.9. The Morgan fingerprint density at radius 2 is 1.70 bits per heavy atom. The quantitative estimate of drug-likeness (QED) is 0.452. The number of benzene rings is 2. The van der Waals surface area contributed by atoms with Crippen LogP contribution >= 0.6 is 0 Å². The first-order valence-electron chi connectivity index (χ1n) is 8.31. The van der Waals surface area contributed by atoms with Gasteiger partial charge in [0.25, 0.3) is 0 Å². The van der Waals surface area contributed by atoms with Gasteiger partial charge in [-0.05, 0) is 55.3 Å². The Kier molecular flexibility index (Phi) is 4.89. The monoisotopic (exact) mass is 365 g/mol. The number of nitrogens with zero attached hydrogens (tertiary/aromatic N) is 3. The fourth-order valence-electron chi connectivity index (χ4n) is 2.78. The first-order chi connectivity index (χ1) is 12.9. The first-order valence-corrected chi connectivity index (χ1v) is 8.31. The predicted octanol–water partition coefficient (Wildman–Crippen LogP) is 1.63. The molecule has 0 saturated heterocycles. The Labute approximate surface area is 155 Å². The third-order valence-corrected chi connectivity index (χ3v) is 4.19. The van der Waals surface area contributed by atoms with Crippen molar-refractivity contribution in [3.05, 3.63) is 76.0 Å². The number of aliphatic carboxylic acids is 1. The Morgan fingerprint density at radius 1 is 1.11 bits per heavy atom. The minimum absolute atomic E-state index is 0.0430. The number of nitrogen functional groups attached to an aromatic ring is 1. The molecule has 0 atom stereocenters. The third kappa shape index (κ3) is 3.79. The van der Waals surface area contributed by atoms with Gasteiger partial charge < -0.3 is 10.8 Å². The zero-order valence-electron chi connectivity index (χ0n) is 14.7. The van der Waals surface area contributed by atoms with E-state index >= 15 is 0 Å². The highest BCUT2D eigenvalue weighted by Crippen LogP contribution is 2.13. The summed E-state index contributed by atoms with van der Waals surface area (Å²) < 4.78 is 2.78. The van der Waals surface area contributed by atoms with Crippen molar-refractivity contribution in [3.8, 4) is 11.4 Å². The van der Waals surface area contributed by atoms with Gasteiger partial charge in [0, 0.05) is 12.0 Å². The van der Waals surface area contributed by atoms with Crippen LogP contribution in [0.15, 0.2) is 53.3 Å². The van der Waals surface area contributed by atoms with Gasteiger partial charge in [-0.15, -0.1) is 5.10 Å². The zero-order valence-corrected chi connectivity index (χ0v) is 14.7. The number of carboxylic acid groups (broad SMARTS) is 1. The average Bonchev–Trinajstić information content (AvgIpc) is 2.95. The maximum absolute atomic E-state index is 12.8. The highest BCUT2D eigenvalue weighted by Gasteiger charge is 2.13. The molecule has 4 N–H and O–H groups in total. The van der Waals surface area contributed by atoms with Crippen molar-refractivity contribution in [1.29, 1.82) is 5.41 Å². The second kappa shape index (κ2) is 7.28. The van der Waals surface area contributed by atoms with E-state index in [1.165, 1.54) is 9.25 Å². The molecule has 0 amide bonds. The number of amidine groups is 1. The number of aromatic nitrogens is 3. The van der Waals surface area contributed by atoms with E-state index in [9.17, 15) is 9.59 Å². The topological polar surface area (TPSA) is 127 Å². The smallest absolute Gasteiger partial charge is 0.355 e. The van der Waals surface area contributed by atoms with Crippen molar-refractivity contribution in [1.82, 2.24) is 14.3 Å². The number of nitrogens with one attached hydrogen (secondary N) is 1. The number of hydrogen-bond acceptors (Lipinski definition) is 4. The molecule has 1 aromatic heterocycles. The standard InChI is InChI=1S/C19H19N5O3/c1-12-22-24(16-9-5-14(6-10-16)18(20)21)19(27)23(12)15-7-2-13(3-8-15)4-11-17(25)26/h2-3,5-10H,4,11H2,1H3,(H3,20,21)(H,25,26). The summed E-state index contributed by atoms with van der Waals surface area (Å²) in [5.74, 6) is -0.365. The highest BCUT2D eigenvalue weighted by molar-refractivity contribution is 5.95. The van der Waals surface area contributed by atoms with Gasteiger partial charge in [-0.1, -0.05) is 12.1 Å². The van der Waals surface area contributed by atoms with Crippen LogP contribution in [0.1, 0.15) is 23.4 Å². The van der Waals surface area contributed by atoms with Crippen LogP contribution in [-0.4, -0.2) is 31.3 Å². The number of nitrogens with two attached hydrogens (primary N) is 1. The molecule has 3 rings (SSSR count). The average molecular weight is 365 g/mol. The minimum atomic E-state index is -0.844. The van der Waals surface area contributed by atoms with Gasteiger partial charge in [0.15, 0.2) is 0 Å². The molecule has 138 valence electrons. The summed E-state index contributed by atoms with van der Waals surface area (Å²) >= 11 is 0. The minimum Gasteiger partial charge on any atom is -0.481 e. The first kappa shape index (κ1) is 18.1. The van der Waals surface area contributed by atoms with Gasteiger partial charge in [-0.25, -0.2) is 9.36 Å². The van der Waals surface area contributed by atoms with Crippen LogP contribution in [0.3, 0.4) is 0 Å². The molecule has 0 fully saturated rings. The molecule has 0 spiro atoms. The van der Waals surface area contributed by atoms with Crippen molar-refractivity contribution in [3.63, 3.8) is 0 Å². The molecule has 2 aromatic carbocycles. The fraction of sp³-hybridized carbons (Fsp3) is 0.158. The summed E-state index contributed by atoms with van der Waals surface area (Å²) in [4.78, 5) is 23.5. The normalized spacial score (nSPS) is 10.7. The molecule has 1 heterocycles. The van der Waals surface area contributed by atoms with Gasteiger partial charge in [0.2, 0.25) is 0 Å². The molecule has 0 bridgehead atoms. The zero-order chi connectivity index (χ0) is 19.6. The van der Waals surface area contributed by atoms with E-state index in [2.05, 4.69) is 5.10 Å². The summed E-state index contributed by atoms with van der Waals surface area (Å²) in [5, 5.41) is 20.5. The Morgan fingerprint density at radius 3 is 2.26 bits per heavy atom. The van der Waals surface area contributed by atoms with E-state index in [1.807, 2.05) is 12.1 Å². The number of carboxylic acids is 1. The van der Waals surface area contributed by atoms with Crippen LogP contribution in [0.4, 0.5) is 0 Å². The second-order valence-corrected chi connectivity index (χ2v) is 6.10. The Hall–Kier alpha value is -3.68. The lowest BCUT2D eigenvalue weighted by Crippen LogP contribution is -2.23. The third-order valence-electron chi connectivity index (χ3n) is 4.19. The van der Waals surface area contributed by atoms with Crippen LogP contribution < -0.4 is 11.4 Å². The van der Waals surface area contributed by atoms with Crippen molar-refractivity contribution in [2.24, 2.45) is 5.73 Å². The molecule has 8 heteroatoms. The highest BCUT2D eigenvalue weighted by atomic mass is 16.4. The summed E-state index contributed by atoms with van der Waals surface area (Å²) in [7, 11) is 0. The molecular weight excluding hydrogens is 346 g/mol. The molecule has 0 unspecified atom stereocenters. The van der Waals surface area contributed by atoms with Crippen LogP contribution in [0.5, 0.6) is 0 Å². The van der Waals surface area contributed by atoms with Crippen molar-refractivity contribution in [2.75, 3.05) is 0 Å². The molecule has 27 heavy (non-hydrogen) atoms. The molecule has 0 saturated carbocycles. The van der Waals surface area contributed by atoms with E-state index < -0.39 is 5.97 Å². The number of rotatable bonds is 6. The van der Waals surface area contributed by atoms with Crippen LogP contribution in [0, 0.1) is 12.3 Å². The van der Waals surface area contributed by atoms with Gasteiger partial charge in [-0.2, -0.15) is 4.68 Å². The van der Waals surface area contributed by atoms with Crippen LogP contribution in [0.25, 0.3) is 11.4 Å². The lowest BCUT2D eigenvalue weighted by molar-refractivity contribution is -0.136. The van der Waals surface area contributed by atoms with E-state index in [-0.39, 0.29) is 17.9 Å². The van der Waals surface area contributed by atoms with Gasteiger partial charge >= 0.3 is 11.7 Å². The summed E-state index contributed by atoms with van der Waals surface area (Å²) in [6.07, 6.45) is 0.498. The summed E-state index contributed by atoms with van der Waals surface area (Å²) in [6.45, 7) is 1.74. The van der Waals surface area contributed by atoms with Crippen molar-refractivity contribution in [2.45, 2.75) is 19.8 Å². The Bertz CT molecular complexity index is 1050. The van der Waals surface area contributed by atoms with Crippen molar-refractivity contribution >= 4 is 11.8 Å². The lowest BCUT2D eigenvalue weighted by Gasteiger charge is -2.05. The van der Waals surface area contributed by atoms with Gasteiger partial charge in [-0.3, -0.25) is 10.2 Å². The number of aryl methyl sites for hydroxylation is 2. The molecule has 0 aliphatic heterocycles. The molecule has 0 radical (unpaired) electrons. The van der Waals surface area contributed by atoms with E-state index in [4.69, 9.17) is 16.2 Å². The van der Waals surface area contributed by atoms with Crippen LogP contribution in [-0.2, 0) is 11.2 Å². The van der Waals surface area contributed by atoms with E-state index in [0.29, 0.717) is 29.2 Å². The van der Waals surface area contributed by atoms with Gasteiger partial charge in [0.05, 0.1) is 11.4 Å². The predicted molar refractivity (Wildman–Crippen MR) is 101 cm³/mol. The van der Waals surface area contributed by atoms with Crippen molar-refractivity contribution < 1.29 is 9.90 Å². The van der Waals surface area contributed by atoms with Gasteiger partial charge in [0.1, 0.15) is 11.7 Å². The molecule has 3 aromatic rings. The van der Waals surface area contributed by atoms with E-state index in [1.54, 1.807) is 43.3 Å². The largest absolute Gasteiger partial charge is 0.481 e. The van der Waals surface area contributed by atoms with E-state index in [0.717, 1.165) is 5.56 Å². The second-order valence-electron chi connectivity index (χ2n) is 6.10. The summed E-state index contributed by atoms with van der Waals surface area (Å²) in [5.41, 5.74) is 7.82. The molecular formula is C19H19N5O3. The molecule has 8 nitrogen and oxygen atoms in total. The number of carbonyl (C=O) groups is 1. The SMILES string of the molecule is Cc1nn(-c2ccc(C(=N)N)cc2)c(=O)n1-c1ccc(CCC(=O)O)cc1. The molecule has 0 aliphatic rings. The number of hydrogen-bond donors (Lipinski definition) is 3. The maximum Gasteiger partial charge on any atom is 0.355 e. The van der Waals surface area contributed by atoms with Crippen LogP contribution in [0.2, 0.25) is 0 Å².